The highest BCUT2D eigenvalue weighted by Crippen LogP contribution is 2.25. The van der Waals surface area contributed by atoms with Gasteiger partial charge in [-0.15, -0.1) is 0 Å². The van der Waals surface area contributed by atoms with Crippen LogP contribution in [0, 0.1) is 0 Å². The number of carbonyl (C=O) groups is 1. The van der Waals surface area contributed by atoms with Gasteiger partial charge in [-0.3, -0.25) is 14.5 Å². The first-order valence-corrected chi connectivity index (χ1v) is 9.00. The van der Waals surface area contributed by atoms with E-state index in [4.69, 9.17) is 0 Å². The number of hydrogen-bond donors (Lipinski definition) is 2. The van der Waals surface area contributed by atoms with Gasteiger partial charge in [0.15, 0.2) is 0 Å². The lowest BCUT2D eigenvalue weighted by Crippen LogP contribution is -2.52. The maximum Gasteiger partial charge on any atom is 0.250 e. The molecule has 1 aliphatic carbocycles. The molecule has 1 saturated heterocycles. The minimum absolute atomic E-state index is 0.0707. The van der Waals surface area contributed by atoms with E-state index in [1.54, 1.807) is 18.3 Å². The molecule has 6 heteroatoms. The number of hydrogen-bond acceptors (Lipinski definition) is 4. The summed E-state index contributed by atoms with van der Waals surface area (Å²) in [7, 11) is 0. The number of aromatic nitrogens is 1. The lowest BCUT2D eigenvalue weighted by molar-refractivity contribution is -0.122. The predicted molar refractivity (Wildman–Crippen MR) is 91.7 cm³/mol. The van der Waals surface area contributed by atoms with E-state index in [9.17, 15) is 14.7 Å². The molecule has 1 aliphatic heterocycles. The molecule has 2 fully saturated rings. The fourth-order valence-corrected chi connectivity index (χ4v) is 3.91. The first kappa shape index (κ1) is 17.2. The Morgan fingerprint density at radius 2 is 1.92 bits per heavy atom. The third-order valence-electron chi connectivity index (χ3n) is 5.27. The fourth-order valence-electron chi connectivity index (χ4n) is 3.91. The summed E-state index contributed by atoms with van der Waals surface area (Å²) < 4.78 is 1.42. The molecule has 2 unspecified atom stereocenters. The van der Waals surface area contributed by atoms with Crippen LogP contribution in [0.2, 0.25) is 0 Å². The lowest BCUT2D eigenvalue weighted by atomic mass is 9.89. The van der Waals surface area contributed by atoms with E-state index >= 15 is 0 Å². The molecule has 3 rings (SSSR count). The Morgan fingerprint density at radius 1 is 1.17 bits per heavy atom. The van der Waals surface area contributed by atoms with Crippen molar-refractivity contribution in [3.63, 3.8) is 0 Å². The van der Waals surface area contributed by atoms with Crippen LogP contribution in [0.25, 0.3) is 0 Å². The van der Waals surface area contributed by atoms with Gasteiger partial charge in [0.05, 0.1) is 6.10 Å². The average Bonchev–Trinajstić information content (AvgIpc) is 2.58. The smallest absolute Gasteiger partial charge is 0.250 e. The predicted octanol–water partition coefficient (Wildman–Crippen LogP) is 0.732. The maximum atomic E-state index is 12.1. The monoisotopic (exact) mass is 333 g/mol. The second kappa shape index (κ2) is 7.94. The molecule has 2 aliphatic rings. The summed E-state index contributed by atoms with van der Waals surface area (Å²) in [4.78, 5) is 26.2. The van der Waals surface area contributed by atoms with E-state index in [1.165, 1.54) is 17.1 Å². The number of nitrogens with one attached hydrogen (secondary N) is 1. The molecule has 0 radical (unpaired) electrons. The van der Waals surface area contributed by atoms with Gasteiger partial charge in [-0.2, -0.15) is 0 Å². The van der Waals surface area contributed by atoms with Crippen molar-refractivity contribution < 1.29 is 9.90 Å². The number of aliphatic hydroxyl groups is 1. The van der Waals surface area contributed by atoms with Crippen molar-refractivity contribution in [2.75, 3.05) is 13.1 Å². The van der Waals surface area contributed by atoms with Crippen LogP contribution >= 0.6 is 0 Å². The molecule has 1 amide bonds. The number of piperidine rings is 1. The molecular weight excluding hydrogens is 306 g/mol. The van der Waals surface area contributed by atoms with Crippen LogP contribution in [0.3, 0.4) is 0 Å². The van der Waals surface area contributed by atoms with Crippen LogP contribution in [0.1, 0.15) is 38.5 Å². The SMILES string of the molecule is O=C(Cn1ccccc1=O)NC1CCN(C2CCCCC2O)CC1. The van der Waals surface area contributed by atoms with Crippen molar-refractivity contribution in [2.24, 2.45) is 0 Å². The molecule has 1 saturated carbocycles. The Labute approximate surface area is 142 Å². The number of carbonyl (C=O) groups excluding carboxylic acids is 1. The van der Waals surface area contributed by atoms with E-state index < -0.39 is 0 Å². The normalized spacial score (nSPS) is 26.2. The van der Waals surface area contributed by atoms with Gasteiger partial charge in [0, 0.05) is 37.4 Å². The van der Waals surface area contributed by atoms with Gasteiger partial charge in [0.1, 0.15) is 6.54 Å². The number of likely N-dealkylation sites (tertiary alicyclic amines) is 1. The highest BCUT2D eigenvalue weighted by Gasteiger charge is 2.31. The first-order valence-electron chi connectivity index (χ1n) is 9.00. The summed E-state index contributed by atoms with van der Waals surface area (Å²) >= 11 is 0. The third kappa shape index (κ3) is 4.24. The summed E-state index contributed by atoms with van der Waals surface area (Å²) in [5.41, 5.74) is -0.159. The molecule has 132 valence electrons. The van der Waals surface area contributed by atoms with E-state index in [1.807, 2.05) is 0 Å². The zero-order chi connectivity index (χ0) is 16.9. The molecule has 6 nitrogen and oxygen atoms in total. The number of nitrogens with zero attached hydrogens (tertiary/aromatic N) is 2. The van der Waals surface area contributed by atoms with Crippen LogP contribution in [0.4, 0.5) is 0 Å². The van der Waals surface area contributed by atoms with Crippen molar-refractivity contribution in [2.45, 2.75) is 63.3 Å². The zero-order valence-corrected chi connectivity index (χ0v) is 14.1. The van der Waals surface area contributed by atoms with Crippen molar-refractivity contribution in [3.05, 3.63) is 34.7 Å². The van der Waals surface area contributed by atoms with Crippen molar-refractivity contribution in [3.8, 4) is 0 Å². The Morgan fingerprint density at radius 3 is 2.62 bits per heavy atom. The summed E-state index contributed by atoms with van der Waals surface area (Å²) in [5, 5.41) is 13.2. The fraction of sp³-hybridized carbons (Fsp3) is 0.667. The average molecular weight is 333 g/mol. The van der Waals surface area contributed by atoms with Gasteiger partial charge in [-0.05, 0) is 31.7 Å². The molecule has 0 bridgehead atoms. The lowest BCUT2D eigenvalue weighted by Gasteiger charge is -2.41. The van der Waals surface area contributed by atoms with Crippen LogP contribution in [0.5, 0.6) is 0 Å². The van der Waals surface area contributed by atoms with Crippen LogP contribution in [-0.2, 0) is 11.3 Å². The zero-order valence-electron chi connectivity index (χ0n) is 14.1. The second-order valence-corrected chi connectivity index (χ2v) is 6.96. The highest BCUT2D eigenvalue weighted by atomic mass is 16.3. The molecule has 24 heavy (non-hydrogen) atoms. The summed E-state index contributed by atoms with van der Waals surface area (Å²) in [6.45, 7) is 1.90. The number of aliphatic hydroxyl groups excluding tert-OH is 1. The van der Waals surface area contributed by atoms with Gasteiger partial charge < -0.3 is 15.0 Å². The highest BCUT2D eigenvalue weighted by molar-refractivity contribution is 5.76. The standard InChI is InChI=1S/C18H27N3O3/c22-16-6-2-1-5-15(16)20-11-8-14(9-12-20)19-17(23)13-21-10-4-3-7-18(21)24/h3-4,7,10,14-16,22H,1-2,5-6,8-9,11-13H2,(H,19,23). The number of amides is 1. The first-order chi connectivity index (χ1) is 11.6. The molecule has 2 N–H and O–H groups in total. The summed E-state index contributed by atoms with van der Waals surface area (Å²) in [5.74, 6) is -0.112. The largest absolute Gasteiger partial charge is 0.391 e. The molecule has 0 spiro atoms. The van der Waals surface area contributed by atoms with Crippen molar-refractivity contribution in [1.29, 1.82) is 0 Å². The quantitative estimate of drug-likeness (QED) is 0.852. The summed E-state index contributed by atoms with van der Waals surface area (Å²) in [6, 6.07) is 5.34. The number of pyridine rings is 1. The van der Waals surface area contributed by atoms with E-state index in [0.29, 0.717) is 6.04 Å². The van der Waals surface area contributed by atoms with Gasteiger partial charge >= 0.3 is 0 Å². The molecular formula is C18H27N3O3. The van der Waals surface area contributed by atoms with Crippen molar-refractivity contribution in [1.82, 2.24) is 14.8 Å². The topological polar surface area (TPSA) is 74.6 Å². The maximum absolute atomic E-state index is 12.1. The summed E-state index contributed by atoms with van der Waals surface area (Å²) in [6.07, 6.45) is 7.55. The third-order valence-corrected chi connectivity index (χ3v) is 5.27. The van der Waals surface area contributed by atoms with E-state index in [-0.39, 0.29) is 30.2 Å². The van der Waals surface area contributed by atoms with Crippen LogP contribution in [0.15, 0.2) is 29.2 Å². The minimum atomic E-state index is -0.199. The van der Waals surface area contributed by atoms with Gasteiger partial charge in [-0.1, -0.05) is 18.9 Å². The Kier molecular flexibility index (Phi) is 5.68. The van der Waals surface area contributed by atoms with Crippen LogP contribution < -0.4 is 10.9 Å². The van der Waals surface area contributed by atoms with Gasteiger partial charge in [-0.25, -0.2) is 0 Å². The number of rotatable bonds is 4. The molecule has 2 heterocycles. The second-order valence-electron chi connectivity index (χ2n) is 6.96. The van der Waals surface area contributed by atoms with E-state index in [0.717, 1.165) is 45.2 Å². The van der Waals surface area contributed by atoms with Gasteiger partial charge in [0.25, 0.3) is 5.56 Å². The Hall–Kier alpha value is -1.66. The Bertz CT molecular complexity index is 608. The van der Waals surface area contributed by atoms with E-state index in [2.05, 4.69) is 10.2 Å². The molecule has 0 aromatic carbocycles. The van der Waals surface area contributed by atoms with Crippen molar-refractivity contribution >= 4 is 5.91 Å². The Balaban J connectivity index is 1.46. The molecule has 1 aromatic heterocycles. The van der Waals surface area contributed by atoms with Gasteiger partial charge in [0.2, 0.25) is 5.91 Å². The van der Waals surface area contributed by atoms with Crippen LogP contribution in [-0.4, -0.2) is 51.8 Å². The molecule has 1 aromatic rings. The molecule has 2 atom stereocenters. The minimum Gasteiger partial charge on any atom is -0.391 e.